The summed E-state index contributed by atoms with van der Waals surface area (Å²) in [6, 6.07) is 9.90. The first-order valence-corrected chi connectivity index (χ1v) is 9.91. The van der Waals surface area contributed by atoms with Gasteiger partial charge in [-0.05, 0) is 12.0 Å². The van der Waals surface area contributed by atoms with Gasteiger partial charge in [-0.2, -0.15) is 13.2 Å². The molecule has 2 N–H and O–H groups in total. The van der Waals surface area contributed by atoms with E-state index >= 15 is 0 Å². The minimum Gasteiger partial charge on any atom is -0.356 e. The lowest BCUT2D eigenvalue weighted by Crippen LogP contribution is -2.40. The van der Waals surface area contributed by atoms with Gasteiger partial charge in [0.1, 0.15) is 6.54 Å². The second-order valence-corrected chi connectivity index (χ2v) is 7.36. The Labute approximate surface area is 171 Å². The first kappa shape index (κ1) is 22.7. The van der Waals surface area contributed by atoms with Crippen LogP contribution in [0.3, 0.4) is 0 Å². The van der Waals surface area contributed by atoms with Crippen molar-refractivity contribution in [1.29, 1.82) is 0 Å². The van der Waals surface area contributed by atoms with Gasteiger partial charge in [0, 0.05) is 39.0 Å². The molecule has 6 nitrogen and oxygen atoms in total. The van der Waals surface area contributed by atoms with Crippen molar-refractivity contribution in [3.8, 4) is 0 Å². The van der Waals surface area contributed by atoms with Gasteiger partial charge in [0.15, 0.2) is 11.7 Å². The van der Waals surface area contributed by atoms with E-state index in [1.165, 1.54) is 4.90 Å². The summed E-state index contributed by atoms with van der Waals surface area (Å²) in [6.45, 7) is 0.919. The number of carbonyl (C=O) groups is 1. The number of alkyl halides is 3. The van der Waals surface area contributed by atoms with E-state index in [1.807, 2.05) is 30.3 Å². The van der Waals surface area contributed by atoms with Crippen molar-refractivity contribution >= 4 is 23.2 Å². The van der Waals surface area contributed by atoms with E-state index in [0.717, 1.165) is 28.7 Å². The summed E-state index contributed by atoms with van der Waals surface area (Å²) in [5.74, 6) is 0.285. The number of hydrogen-bond acceptors (Lipinski definition) is 4. The number of amides is 1. The van der Waals surface area contributed by atoms with E-state index in [1.54, 1.807) is 14.1 Å². The average Bonchev–Trinajstić information content (AvgIpc) is 3.15. The molecule has 0 aliphatic heterocycles. The molecule has 1 amide bonds. The lowest BCUT2D eigenvalue weighted by atomic mass is 10.1. The second kappa shape index (κ2) is 10.8. The maximum Gasteiger partial charge on any atom is 0.434 e. The van der Waals surface area contributed by atoms with Crippen LogP contribution in [0.4, 0.5) is 13.2 Å². The molecule has 0 saturated carbocycles. The van der Waals surface area contributed by atoms with Crippen LogP contribution in [0, 0.1) is 0 Å². The fraction of sp³-hybridized carbons (Fsp3) is 0.421. The number of hydrogen-bond donors (Lipinski definition) is 2. The van der Waals surface area contributed by atoms with Crippen LogP contribution in [0.5, 0.6) is 0 Å². The molecule has 0 spiro atoms. The van der Waals surface area contributed by atoms with Gasteiger partial charge in [-0.15, -0.1) is 11.3 Å². The van der Waals surface area contributed by atoms with Gasteiger partial charge in [-0.1, -0.05) is 30.3 Å². The SMILES string of the molecule is CN(C)C(=O)CN=C(NCCc1ccccc1)NCCc1nc(C(F)(F)F)cs1. The summed E-state index contributed by atoms with van der Waals surface area (Å²) in [5, 5.41) is 7.60. The van der Waals surface area contributed by atoms with Gasteiger partial charge < -0.3 is 15.5 Å². The van der Waals surface area contributed by atoms with Crippen LogP contribution < -0.4 is 10.6 Å². The number of nitrogens with one attached hydrogen (secondary N) is 2. The lowest BCUT2D eigenvalue weighted by molar-refractivity contribution is -0.140. The summed E-state index contributed by atoms with van der Waals surface area (Å²) in [4.78, 5) is 21.1. The Balaban J connectivity index is 1.89. The zero-order chi connectivity index (χ0) is 21.3. The largest absolute Gasteiger partial charge is 0.434 e. The van der Waals surface area contributed by atoms with Crippen LogP contribution in [0.2, 0.25) is 0 Å². The molecule has 158 valence electrons. The van der Waals surface area contributed by atoms with E-state index in [2.05, 4.69) is 20.6 Å². The van der Waals surface area contributed by atoms with Gasteiger partial charge in [0.2, 0.25) is 5.91 Å². The van der Waals surface area contributed by atoms with Gasteiger partial charge >= 0.3 is 6.18 Å². The zero-order valence-electron chi connectivity index (χ0n) is 16.3. The second-order valence-electron chi connectivity index (χ2n) is 6.42. The topological polar surface area (TPSA) is 69.6 Å². The number of aromatic nitrogens is 1. The molecule has 1 aromatic carbocycles. The summed E-state index contributed by atoms with van der Waals surface area (Å²) in [6.07, 6.45) is -3.34. The number of aliphatic imine (C=N–C) groups is 1. The highest BCUT2D eigenvalue weighted by Crippen LogP contribution is 2.29. The summed E-state index contributed by atoms with van der Waals surface area (Å²) >= 11 is 0.973. The summed E-state index contributed by atoms with van der Waals surface area (Å²) in [5.41, 5.74) is 0.287. The predicted molar refractivity (Wildman–Crippen MR) is 108 cm³/mol. The van der Waals surface area contributed by atoms with E-state index < -0.39 is 11.9 Å². The van der Waals surface area contributed by atoms with Crippen LogP contribution >= 0.6 is 11.3 Å². The lowest BCUT2D eigenvalue weighted by Gasteiger charge is -2.13. The van der Waals surface area contributed by atoms with Gasteiger partial charge in [-0.3, -0.25) is 4.79 Å². The molecule has 1 heterocycles. The fourth-order valence-corrected chi connectivity index (χ4v) is 3.08. The maximum absolute atomic E-state index is 12.6. The Morgan fingerprint density at radius 2 is 1.79 bits per heavy atom. The molecule has 10 heteroatoms. The normalized spacial score (nSPS) is 12.0. The highest BCUT2D eigenvalue weighted by atomic mass is 32.1. The molecular formula is C19H24F3N5OS. The highest BCUT2D eigenvalue weighted by molar-refractivity contribution is 7.09. The first-order chi connectivity index (χ1) is 13.8. The Hall–Kier alpha value is -2.62. The molecule has 0 aliphatic rings. The molecule has 2 rings (SSSR count). The molecule has 0 unspecified atom stereocenters. The van der Waals surface area contributed by atoms with Crippen LogP contribution in [0.1, 0.15) is 16.3 Å². The van der Waals surface area contributed by atoms with Crippen molar-refractivity contribution in [2.45, 2.75) is 19.0 Å². The van der Waals surface area contributed by atoms with Crippen molar-refractivity contribution < 1.29 is 18.0 Å². The molecule has 2 aromatic rings. The van der Waals surface area contributed by atoms with Crippen LogP contribution in [0.15, 0.2) is 40.7 Å². The number of likely N-dealkylation sites (N-methyl/N-ethyl adjacent to an activating group) is 1. The first-order valence-electron chi connectivity index (χ1n) is 9.03. The molecule has 0 fully saturated rings. The van der Waals surface area contributed by atoms with E-state index in [4.69, 9.17) is 0 Å². The highest BCUT2D eigenvalue weighted by Gasteiger charge is 2.33. The molecule has 29 heavy (non-hydrogen) atoms. The smallest absolute Gasteiger partial charge is 0.356 e. The van der Waals surface area contributed by atoms with E-state index in [0.29, 0.717) is 30.5 Å². The summed E-state index contributed by atoms with van der Waals surface area (Å²) < 4.78 is 37.9. The Morgan fingerprint density at radius 3 is 2.38 bits per heavy atom. The third-order valence-corrected chi connectivity index (χ3v) is 4.80. The predicted octanol–water partition coefficient (Wildman–Crippen LogP) is 2.57. The molecule has 0 saturated heterocycles. The van der Waals surface area contributed by atoms with E-state index in [-0.39, 0.29) is 12.5 Å². The molecule has 0 aliphatic carbocycles. The monoisotopic (exact) mass is 427 g/mol. The Bertz CT molecular complexity index is 806. The van der Waals surface area contributed by atoms with Crippen molar-refractivity contribution in [2.75, 3.05) is 33.7 Å². The standard InChI is InChI=1S/C19H24F3N5OS/c1-27(2)17(28)12-25-18(23-10-8-14-6-4-3-5-7-14)24-11-9-16-26-15(13-29-16)19(20,21)22/h3-7,13H,8-12H2,1-2H3,(H2,23,24,25). The number of benzene rings is 1. The molecule has 0 radical (unpaired) electrons. The average molecular weight is 427 g/mol. The number of guanidine groups is 1. The number of nitrogens with zero attached hydrogens (tertiary/aromatic N) is 3. The third kappa shape index (κ3) is 8.10. The van der Waals surface area contributed by atoms with Crippen molar-refractivity contribution in [3.63, 3.8) is 0 Å². The van der Waals surface area contributed by atoms with Crippen molar-refractivity contribution in [3.05, 3.63) is 52.0 Å². The number of carbonyl (C=O) groups excluding carboxylic acids is 1. The third-order valence-electron chi connectivity index (χ3n) is 3.89. The van der Waals surface area contributed by atoms with Crippen LogP contribution in [-0.2, 0) is 23.8 Å². The minimum absolute atomic E-state index is 0.0247. The number of thiazole rings is 1. The minimum atomic E-state index is -4.43. The number of rotatable bonds is 8. The van der Waals surface area contributed by atoms with Crippen molar-refractivity contribution in [1.82, 2.24) is 20.5 Å². The van der Waals surface area contributed by atoms with Gasteiger partial charge in [0.25, 0.3) is 0 Å². The fourth-order valence-electron chi connectivity index (χ4n) is 2.28. The van der Waals surface area contributed by atoms with E-state index in [9.17, 15) is 18.0 Å². The molecule has 0 atom stereocenters. The van der Waals surface area contributed by atoms with Gasteiger partial charge in [0.05, 0.1) is 5.01 Å². The maximum atomic E-state index is 12.6. The quantitative estimate of drug-likeness (QED) is 0.502. The zero-order valence-corrected chi connectivity index (χ0v) is 17.1. The van der Waals surface area contributed by atoms with Crippen LogP contribution in [-0.4, -0.2) is 55.5 Å². The molecule has 0 bridgehead atoms. The number of halogens is 3. The Morgan fingerprint density at radius 1 is 1.14 bits per heavy atom. The molecular weight excluding hydrogens is 403 g/mol. The van der Waals surface area contributed by atoms with Crippen molar-refractivity contribution in [2.24, 2.45) is 4.99 Å². The van der Waals surface area contributed by atoms with Gasteiger partial charge in [-0.25, -0.2) is 9.98 Å². The van der Waals surface area contributed by atoms with Crippen LogP contribution in [0.25, 0.3) is 0 Å². The Kier molecular flexibility index (Phi) is 8.44. The molecule has 1 aromatic heterocycles. The summed E-state index contributed by atoms with van der Waals surface area (Å²) in [7, 11) is 3.29.